The maximum Gasteiger partial charge on any atom is 0.235 e. The summed E-state index contributed by atoms with van der Waals surface area (Å²) in [6.45, 7) is 7.93. The Labute approximate surface area is 97.2 Å². The van der Waals surface area contributed by atoms with Gasteiger partial charge in [-0.25, -0.2) is 0 Å². The number of rotatable bonds is 4. The molecule has 2 N–H and O–H groups in total. The lowest BCUT2D eigenvalue weighted by Crippen LogP contribution is -2.56. The summed E-state index contributed by atoms with van der Waals surface area (Å²) in [4.78, 5) is 25.6. The molecule has 4 heteroatoms. The number of likely N-dealkylation sites (tertiary alicyclic amines) is 1. The Kier molecular flexibility index (Phi) is 3.43. The lowest BCUT2D eigenvalue weighted by molar-refractivity contribution is -0.148. The van der Waals surface area contributed by atoms with Crippen molar-refractivity contribution >= 4 is 11.8 Å². The summed E-state index contributed by atoms with van der Waals surface area (Å²) < 4.78 is 0. The highest BCUT2D eigenvalue weighted by molar-refractivity contribution is 6.06. The fraction of sp³-hybridized carbons (Fsp3) is 0.833. The molecule has 0 spiro atoms. The van der Waals surface area contributed by atoms with E-state index in [1.807, 2.05) is 27.7 Å². The molecule has 0 aromatic carbocycles. The molecule has 1 saturated heterocycles. The molecule has 1 heterocycles. The second-order valence-corrected chi connectivity index (χ2v) is 5.23. The third kappa shape index (κ3) is 1.75. The maximum atomic E-state index is 12.2. The van der Waals surface area contributed by atoms with Gasteiger partial charge in [0.1, 0.15) is 0 Å². The van der Waals surface area contributed by atoms with Crippen molar-refractivity contribution in [1.29, 1.82) is 0 Å². The largest absolute Gasteiger partial charge is 0.328 e. The monoisotopic (exact) mass is 226 g/mol. The maximum absolute atomic E-state index is 12.2. The van der Waals surface area contributed by atoms with E-state index in [-0.39, 0.29) is 11.8 Å². The van der Waals surface area contributed by atoms with Gasteiger partial charge in [-0.1, -0.05) is 27.7 Å². The molecule has 0 bridgehead atoms. The molecule has 1 aliphatic rings. The minimum atomic E-state index is -0.568. The molecule has 0 aromatic rings. The van der Waals surface area contributed by atoms with Crippen molar-refractivity contribution in [2.24, 2.45) is 11.1 Å². The topological polar surface area (TPSA) is 63.4 Å². The summed E-state index contributed by atoms with van der Waals surface area (Å²) in [7, 11) is 0. The Balaban J connectivity index is 3.13. The van der Waals surface area contributed by atoms with Crippen LogP contribution < -0.4 is 5.73 Å². The summed E-state index contributed by atoms with van der Waals surface area (Å²) >= 11 is 0. The fourth-order valence-corrected chi connectivity index (χ4v) is 2.37. The van der Waals surface area contributed by atoms with Gasteiger partial charge in [0.15, 0.2) is 0 Å². The highest BCUT2D eigenvalue weighted by atomic mass is 16.2. The molecule has 0 atom stereocenters. The Bertz CT molecular complexity index is 298. The summed E-state index contributed by atoms with van der Waals surface area (Å²) in [6.07, 6.45) is 1.73. The van der Waals surface area contributed by atoms with E-state index in [9.17, 15) is 9.59 Å². The zero-order valence-electron chi connectivity index (χ0n) is 10.7. The summed E-state index contributed by atoms with van der Waals surface area (Å²) in [5.41, 5.74) is 4.72. The Morgan fingerprint density at radius 1 is 1.31 bits per heavy atom. The van der Waals surface area contributed by atoms with Crippen LogP contribution in [0.4, 0.5) is 0 Å². The van der Waals surface area contributed by atoms with E-state index in [0.717, 1.165) is 0 Å². The molecular weight excluding hydrogens is 204 g/mol. The van der Waals surface area contributed by atoms with E-state index in [2.05, 4.69) is 0 Å². The lowest BCUT2D eigenvalue weighted by Gasteiger charge is -2.39. The summed E-state index contributed by atoms with van der Waals surface area (Å²) in [6, 6.07) is 0. The first-order valence-electron chi connectivity index (χ1n) is 5.92. The molecule has 2 amide bonds. The lowest BCUT2D eigenvalue weighted by atomic mass is 9.89. The molecule has 1 rings (SSSR count). The number of nitrogens with two attached hydrogens (primary N) is 1. The molecule has 0 aliphatic carbocycles. The van der Waals surface area contributed by atoms with Gasteiger partial charge in [0, 0.05) is 13.0 Å². The number of amides is 2. The smallest absolute Gasteiger partial charge is 0.235 e. The summed E-state index contributed by atoms with van der Waals surface area (Å²) in [5, 5.41) is 0. The number of hydrogen-bond donors (Lipinski definition) is 1. The van der Waals surface area contributed by atoms with Gasteiger partial charge in [0.05, 0.1) is 11.0 Å². The van der Waals surface area contributed by atoms with Crippen molar-refractivity contribution in [3.05, 3.63) is 0 Å². The molecule has 0 radical (unpaired) electrons. The number of carbonyl (C=O) groups excluding carboxylic acids is 2. The van der Waals surface area contributed by atoms with E-state index in [0.29, 0.717) is 25.8 Å². The number of nitrogens with zero attached hydrogens (tertiary/aromatic N) is 1. The predicted molar refractivity (Wildman–Crippen MR) is 62.6 cm³/mol. The quantitative estimate of drug-likeness (QED) is 0.735. The fourth-order valence-electron chi connectivity index (χ4n) is 2.37. The predicted octanol–water partition coefficient (Wildman–Crippen LogP) is 1.29. The van der Waals surface area contributed by atoms with Gasteiger partial charge < -0.3 is 5.73 Å². The highest BCUT2D eigenvalue weighted by Gasteiger charge is 2.51. The van der Waals surface area contributed by atoms with Crippen LogP contribution in [0.2, 0.25) is 0 Å². The highest BCUT2D eigenvalue weighted by Crippen LogP contribution is 2.38. The minimum absolute atomic E-state index is 0.0772. The van der Waals surface area contributed by atoms with E-state index >= 15 is 0 Å². The van der Waals surface area contributed by atoms with Crippen molar-refractivity contribution in [3.8, 4) is 0 Å². The van der Waals surface area contributed by atoms with Crippen LogP contribution in [0.3, 0.4) is 0 Å². The minimum Gasteiger partial charge on any atom is -0.328 e. The third-order valence-electron chi connectivity index (χ3n) is 3.80. The van der Waals surface area contributed by atoms with Crippen LogP contribution >= 0.6 is 0 Å². The second-order valence-electron chi connectivity index (χ2n) is 5.23. The Hall–Kier alpha value is -0.900. The summed E-state index contributed by atoms with van der Waals surface area (Å²) in [5.74, 6) is -0.157. The van der Waals surface area contributed by atoms with Crippen LogP contribution in [0, 0.1) is 5.41 Å². The zero-order valence-corrected chi connectivity index (χ0v) is 10.7. The van der Waals surface area contributed by atoms with Crippen LogP contribution in [0.5, 0.6) is 0 Å². The number of hydrogen-bond acceptors (Lipinski definition) is 3. The van der Waals surface area contributed by atoms with Crippen LogP contribution in [-0.2, 0) is 9.59 Å². The molecule has 4 nitrogen and oxygen atoms in total. The zero-order chi connectivity index (χ0) is 12.6. The van der Waals surface area contributed by atoms with E-state index in [4.69, 9.17) is 5.73 Å². The first kappa shape index (κ1) is 13.2. The van der Waals surface area contributed by atoms with Crippen LogP contribution in [0.15, 0.2) is 0 Å². The standard InChI is InChI=1S/C12H22N2O2/c1-5-12(6-2,8-13)14-9(15)7-11(3,4)10(14)16/h5-8,13H2,1-4H3. The third-order valence-corrected chi connectivity index (χ3v) is 3.80. The van der Waals surface area contributed by atoms with Crippen LogP contribution in [0.1, 0.15) is 47.0 Å². The molecule has 0 saturated carbocycles. The molecule has 0 aromatic heterocycles. The van der Waals surface area contributed by atoms with Gasteiger partial charge in [0.25, 0.3) is 0 Å². The van der Waals surface area contributed by atoms with Gasteiger partial charge in [-0.2, -0.15) is 0 Å². The molecular formula is C12H22N2O2. The van der Waals surface area contributed by atoms with Gasteiger partial charge in [-0.3, -0.25) is 14.5 Å². The average Bonchev–Trinajstić information content (AvgIpc) is 2.43. The normalized spacial score (nSPS) is 20.7. The molecule has 16 heavy (non-hydrogen) atoms. The molecule has 92 valence electrons. The van der Waals surface area contributed by atoms with Crippen molar-refractivity contribution in [2.75, 3.05) is 6.54 Å². The number of imide groups is 1. The van der Waals surface area contributed by atoms with E-state index in [1.165, 1.54) is 4.90 Å². The SMILES string of the molecule is CCC(CC)(CN)N1C(=O)CC(C)(C)C1=O. The number of carbonyl (C=O) groups is 2. The van der Waals surface area contributed by atoms with Crippen molar-refractivity contribution < 1.29 is 9.59 Å². The van der Waals surface area contributed by atoms with Gasteiger partial charge in [-0.05, 0) is 12.8 Å². The van der Waals surface area contributed by atoms with Gasteiger partial charge in [-0.15, -0.1) is 0 Å². The van der Waals surface area contributed by atoms with E-state index < -0.39 is 11.0 Å². The first-order valence-corrected chi connectivity index (χ1v) is 5.92. The van der Waals surface area contributed by atoms with E-state index in [1.54, 1.807) is 0 Å². The van der Waals surface area contributed by atoms with Crippen LogP contribution in [0.25, 0.3) is 0 Å². The molecule has 1 fully saturated rings. The van der Waals surface area contributed by atoms with Crippen molar-refractivity contribution in [3.63, 3.8) is 0 Å². The van der Waals surface area contributed by atoms with Crippen molar-refractivity contribution in [2.45, 2.75) is 52.5 Å². The van der Waals surface area contributed by atoms with Gasteiger partial charge >= 0.3 is 0 Å². The Morgan fingerprint density at radius 2 is 1.81 bits per heavy atom. The second kappa shape index (κ2) is 4.17. The average molecular weight is 226 g/mol. The van der Waals surface area contributed by atoms with Crippen molar-refractivity contribution in [1.82, 2.24) is 4.90 Å². The first-order chi connectivity index (χ1) is 7.34. The van der Waals surface area contributed by atoms with Gasteiger partial charge in [0.2, 0.25) is 11.8 Å². The Morgan fingerprint density at radius 3 is 2.06 bits per heavy atom. The molecule has 1 aliphatic heterocycles. The molecule has 0 unspecified atom stereocenters. The van der Waals surface area contributed by atoms with Crippen LogP contribution in [-0.4, -0.2) is 28.8 Å².